The fourth-order valence-corrected chi connectivity index (χ4v) is 3.98. The number of halogens is 1. The molecule has 2 aliphatic rings. The van der Waals surface area contributed by atoms with Gasteiger partial charge in [-0.25, -0.2) is 9.24 Å². The number of nitrogens with zero attached hydrogens (tertiary/aromatic N) is 3. The monoisotopic (exact) mass is 425 g/mol. The first-order chi connectivity index (χ1) is 14.2. The highest BCUT2D eigenvalue weighted by atomic mass is 32.1. The SMILES string of the molecule is [C-]#[N+]c1ccc(N2C(=O)C(C)(C)N(c3ccc(OCC4CO4)c(F)c3)C2=S)cc1C. The van der Waals surface area contributed by atoms with Gasteiger partial charge in [0.2, 0.25) is 0 Å². The van der Waals surface area contributed by atoms with Crippen LogP contribution in [0.25, 0.3) is 4.85 Å². The molecule has 8 heteroatoms. The van der Waals surface area contributed by atoms with Gasteiger partial charge in [-0.05, 0) is 62.8 Å². The summed E-state index contributed by atoms with van der Waals surface area (Å²) in [4.78, 5) is 19.8. The van der Waals surface area contributed by atoms with E-state index in [2.05, 4.69) is 4.85 Å². The van der Waals surface area contributed by atoms with Gasteiger partial charge in [0.15, 0.2) is 22.4 Å². The average molecular weight is 425 g/mol. The highest BCUT2D eigenvalue weighted by Gasteiger charge is 2.50. The number of anilines is 2. The molecule has 1 amide bonds. The van der Waals surface area contributed by atoms with Crippen LogP contribution in [0.1, 0.15) is 19.4 Å². The van der Waals surface area contributed by atoms with Gasteiger partial charge < -0.3 is 14.4 Å². The number of carbonyl (C=O) groups is 1. The molecule has 4 rings (SSSR count). The Kier molecular flexibility index (Phi) is 4.96. The maximum absolute atomic E-state index is 14.6. The number of ether oxygens (including phenoxy) is 2. The first-order valence-corrected chi connectivity index (χ1v) is 9.85. The van der Waals surface area contributed by atoms with Gasteiger partial charge in [-0.1, -0.05) is 6.07 Å². The molecule has 30 heavy (non-hydrogen) atoms. The molecule has 0 aliphatic carbocycles. The Bertz CT molecular complexity index is 1090. The van der Waals surface area contributed by atoms with Crippen molar-refractivity contribution in [1.82, 2.24) is 0 Å². The van der Waals surface area contributed by atoms with Crippen LogP contribution in [0.5, 0.6) is 5.75 Å². The van der Waals surface area contributed by atoms with E-state index in [1.165, 1.54) is 17.0 Å². The summed E-state index contributed by atoms with van der Waals surface area (Å²) in [6.45, 7) is 13.4. The van der Waals surface area contributed by atoms with E-state index in [9.17, 15) is 9.18 Å². The average Bonchev–Trinajstić information content (AvgIpc) is 3.49. The lowest BCUT2D eigenvalue weighted by Gasteiger charge is -2.29. The lowest BCUT2D eigenvalue weighted by molar-refractivity contribution is -0.120. The maximum atomic E-state index is 14.6. The van der Waals surface area contributed by atoms with Gasteiger partial charge in [-0.3, -0.25) is 9.69 Å². The number of amides is 1. The second kappa shape index (κ2) is 7.35. The molecule has 6 nitrogen and oxygen atoms in total. The van der Waals surface area contributed by atoms with Crippen molar-refractivity contribution in [3.05, 3.63) is 59.2 Å². The second-order valence-electron chi connectivity index (χ2n) is 7.78. The van der Waals surface area contributed by atoms with E-state index in [0.717, 1.165) is 5.56 Å². The number of benzene rings is 2. The minimum Gasteiger partial charge on any atom is -0.488 e. The summed E-state index contributed by atoms with van der Waals surface area (Å²) in [5, 5.41) is 0.249. The molecule has 2 aromatic carbocycles. The highest BCUT2D eigenvalue weighted by Crippen LogP contribution is 2.38. The summed E-state index contributed by atoms with van der Waals surface area (Å²) in [5.74, 6) is -0.630. The van der Waals surface area contributed by atoms with E-state index in [-0.39, 0.29) is 22.9 Å². The molecule has 0 aromatic heterocycles. The van der Waals surface area contributed by atoms with E-state index >= 15 is 0 Å². The van der Waals surface area contributed by atoms with E-state index in [0.29, 0.717) is 30.3 Å². The lowest BCUT2D eigenvalue weighted by atomic mass is 10.0. The molecule has 0 radical (unpaired) electrons. The fourth-order valence-electron chi connectivity index (χ4n) is 3.45. The molecular formula is C22H20FN3O3S. The van der Waals surface area contributed by atoms with Gasteiger partial charge in [0, 0.05) is 17.4 Å². The van der Waals surface area contributed by atoms with Crippen LogP contribution in [-0.4, -0.2) is 35.9 Å². The summed E-state index contributed by atoms with van der Waals surface area (Å²) < 4.78 is 25.2. The number of epoxide rings is 1. The van der Waals surface area contributed by atoms with E-state index in [1.807, 2.05) is 6.92 Å². The third kappa shape index (κ3) is 3.40. The molecule has 2 heterocycles. The standard InChI is InChI=1S/C22H20FN3O3S/c1-13-9-14(5-7-18(13)24-4)25-20(27)22(2,3)26(21(25)30)15-6-8-19(17(23)10-15)29-12-16-11-28-16/h5-10,16H,11-12H2,1-3H3. The van der Waals surface area contributed by atoms with Gasteiger partial charge >= 0.3 is 0 Å². The zero-order valence-electron chi connectivity index (χ0n) is 16.8. The Morgan fingerprint density at radius 3 is 2.60 bits per heavy atom. The molecule has 0 bridgehead atoms. The quantitative estimate of drug-likeness (QED) is 0.404. The van der Waals surface area contributed by atoms with Crippen molar-refractivity contribution in [3.63, 3.8) is 0 Å². The first kappa shape index (κ1) is 20.3. The Morgan fingerprint density at radius 2 is 2.00 bits per heavy atom. The molecule has 0 N–H and O–H groups in total. The summed E-state index contributed by atoms with van der Waals surface area (Å²) >= 11 is 5.63. The van der Waals surface area contributed by atoms with Crippen LogP contribution in [-0.2, 0) is 9.53 Å². The topological polar surface area (TPSA) is 49.7 Å². The molecule has 2 aliphatic heterocycles. The van der Waals surface area contributed by atoms with E-state index in [1.54, 1.807) is 43.0 Å². The van der Waals surface area contributed by atoms with Crippen LogP contribution >= 0.6 is 12.2 Å². The number of aryl methyl sites for hydroxylation is 1. The Balaban J connectivity index is 1.66. The van der Waals surface area contributed by atoms with Gasteiger partial charge in [-0.15, -0.1) is 0 Å². The van der Waals surface area contributed by atoms with Gasteiger partial charge in [0.1, 0.15) is 18.2 Å². The fraction of sp³-hybridized carbons (Fsp3) is 0.318. The van der Waals surface area contributed by atoms with Crippen LogP contribution < -0.4 is 14.5 Å². The minimum absolute atomic E-state index is 0.0260. The van der Waals surface area contributed by atoms with Crippen LogP contribution in [0.2, 0.25) is 0 Å². The summed E-state index contributed by atoms with van der Waals surface area (Å²) in [5.41, 5.74) is 1.29. The number of carbonyl (C=O) groups excluding carboxylic acids is 1. The predicted octanol–water partition coefficient (Wildman–Crippen LogP) is 4.38. The molecule has 1 unspecified atom stereocenters. The molecule has 2 aromatic rings. The molecule has 154 valence electrons. The molecule has 1 atom stereocenters. The molecule has 2 saturated heterocycles. The number of rotatable bonds is 5. The molecule has 0 spiro atoms. The van der Waals surface area contributed by atoms with Crippen LogP contribution in [0, 0.1) is 19.3 Å². The number of hydrogen-bond donors (Lipinski definition) is 0. The lowest BCUT2D eigenvalue weighted by Crippen LogP contribution is -2.44. The third-order valence-electron chi connectivity index (χ3n) is 5.23. The van der Waals surface area contributed by atoms with Crippen molar-refractivity contribution in [2.45, 2.75) is 32.4 Å². The van der Waals surface area contributed by atoms with Crippen molar-refractivity contribution in [1.29, 1.82) is 0 Å². The first-order valence-electron chi connectivity index (χ1n) is 9.45. The zero-order valence-corrected chi connectivity index (χ0v) is 17.6. The predicted molar refractivity (Wildman–Crippen MR) is 116 cm³/mol. The number of hydrogen-bond acceptors (Lipinski definition) is 4. The smallest absolute Gasteiger partial charge is 0.259 e. The van der Waals surface area contributed by atoms with Gasteiger partial charge in [-0.2, -0.15) is 0 Å². The normalized spacial score (nSPS) is 19.8. The van der Waals surface area contributed by atoms with Crippen molar-refractivity contribution in [2.75, 3.05) is 23.0 Å². The third-order valence-corrected chi connectivity index (χ3v) is 5.59. The van der Waals surface area contributed by atoms with Crippen molar-refractivity contribution >= 4 is 40.3 Å². The second-order valence-corrected chi connectivity index (χ2v) is 8.15. The van der Waals surface area contributed by atoms with Gasteiger partial charge in [0.05, 0.1) is 13.2 Å². The molecular weight excluding hydrogens is 405 g/mol. The van der Waals surface area contributed by atoms with Crippen molar-refractivity contribution in [2.24, 2.45) is 0 Å². The number of thiocarbonyl (C=S) groups is 1. The summed E-state index contributed by atoms with van der Waals surface area (Å²) in [6.07, 6.45) is 0.0260. The Morgan fingerprint density at radius 1 is 1.30 bits per heavy atom. The zero-order chi connectivity index (χ0) is 21.6. The largest absolute Gasteiger partial charge is 0.488 e. The molecule has 2 fully saturated rings. The minimum atomic E-state index is -1.01. The maximum Gasteiger partial charge on any atom is 0.259 e. The van der Waals surface area contributed by atoms with E-state index in [4.69, 9.17) is 28.3 Å². The Labute approximate surface area is 179 Å². The summed E-state index contributed by atoms with van der Waals surface area (Å²) in [6, 6.07) is 9.66. The van der Waals surface area contributed by atoms with Crippen molar-refractivity contribution < 1.29 is 18.7 Å². The van der Waals surface area contributed by atoms with Crippen LogP contribution in [0.4, 0.5) is 21.5 Å². The van der Waals surface area contributed by atoms with E-state index < -0.39 is 11.4 Å². The highest BCUT2D eigenvalue weighted by molar-refractivity contribution is 7.81. The van der Waals surface area contributed by atoms with Gasteiger partial charge in [0.25, 0.3) is 5.91 Å². The molecule has 0 saturated carbocycles. The Hall–Kier alpha value is -3.02. The summed E-state index contributed by atoms with van der Waals surface area (Å²) in [7, 11) is 0. The van der Waals surface area contributed by atoms with Crippen LogP contribution in [0.15, 0.2) is 36.4 Å². The van der Waals surface area contributed by atoms with Crippen LogP contribution in [0.3, 0.4) is 0 Å². The van der Waals surface area contributed by atoms with Crippen molar-refractivity contribution in [3.8, 4) is 5.75 Å².